The Balaban J connectivity index is 0.00000336. The van der Waals surface area contributed by atoms with E-state index in [0.717, 1.165) is 17.0 Å². The molecule has 10 nitrogen and oxygen atoms in total. The molecule has 0 saturated heterocycles. The highest BCUT2D eigenvalue weighted by Crippen LogP contribution is 2.39. The van der Waals surface area contributed by atoms with Gasteiger partial charge in [-0.2, -0.15) is 15.0 Å². The number of carbonyl (C=O) groups excluding carboxylic acids is 2. The van der Waals surface area contributed by atoms with Crippen LogP contribution in [0.3, 0.4) is 0 Å². The van der Waals surface area contributed by atoms with E-state index in [1.165, 1.54) is 29.1 Å². The maximum atomic E-state index is 12.7. The fraction of sp³-hybridized carbons (Fsp3) is 0. The van der Waals surface area contributed by atoms with Gasteiger partial charge >= 0.3 is 0 Å². The topological polar surface area (TPSA) is 135 Å². The van der Waals surface area contributed by atoms with Gasteiger partial charge in [0.1, 0.15) is 5.75 Å². The highest BCUT2D eigenvalue weighted by molar-refractivity contribution is 7.18. The summed E-state index contributed by atoms with van der Waals surface area (Å²) in [5.41, 5.74) is 2.35. The van der Waals surface area contributed by atoms with Crippen LogP contribution >= 0.6 is 46.9 Å². The summed E-state index contributed by atoms with van der Waals surface area (Å²) in [4.78, 5) is 26.7. The fourth-order valence-corrected chi connectivity index (χ4v) is 4.53. The van der Waals surface area contributed by atoms with Gasteiger partial charge in [0, 0.05) is 21.8 Å². The van der Waals surface area contributed by atoms with Crippen molar-refractivity contribution in [3.05, 3.63) is 94.2 Å². The summed E-state index contributed by atoms with van der Waals surface area (Å²) in [5, 5.41) is 32.6. The molecule has 0 atom stereocenters. The first kappa shape index (κ1) is 27.0. The third-order valence-corrected chi connectivity index (χ3v) is 6.47. The molecule has 192 valence electrons. The lowest BCUT2D eigenvalue weighted by molar-refractivity contribution is 0.101. The van der Waals surface area contributed by atoms with Crippen LogP contribution in [0.2, 0.25) is 10.0 Å². The number of aromatic nitrogens is 5. The maximum absolute atomic E-state index is 12.7. The molecule has 3 aromatic carbocycles. The Morgan fingerprint density at radius 1 is 0.842 bits per heavy atom. The molecule has 3 N–H and O–H groups in total. The Labute approximate surface area is 235 Å². The van der Waals surface area contributed by atoms with Gasteiger partial charge in [-0.3, -0.25) is 14.9 Å². The zero-order chi connectivity index (χ0) is 25.9. The number of phenolic OH excluding ortho intramolecular Hbond substituents is 1. The maximum Gasteiger partial charge on any atom is 0.257 e. The Morgan fingerprint density at radius 2 is 1.45 bits per heavy atom. The van der Waals surface area contributed by atoms with Gasteiger partial charge in [-0.05, 0) is 60.7 Å². The molecule has 5 rings (SSSR count). The van der Waals surface area contributed by atoms with Gasteiger partial charge in [0.15, 0.2) is 5.01 Å². The smallest absolute Gasteiger partial charge is 0.257 e. The van der Waals surface area contributed by atoms with Crippen LogP contribution in [0, 0.1) is 0 Å². The minimum absolute atomic E-state index is 0. The summed E-state index contributed by atoms with van der Waals surface area (Å²) >= 11 is 13.0. The number of rotatable bonds is 6. The van der Waals surface area contributed by atoms with Crippen molar-refractivity contribution in [3.8, 4) is 22.0 Å². The summed E-state index contributed by atoms with van der Waals surface area (Å²) < 4.78 is 0. The van der Waals surface area contributed by atoms with Gasteiger partial charge in [0.05, 0.1) is 28.7 Å². The first-order valence-corrected chi connectivity index (χ1v) is 12.2. The molecule has 0 bridgehead atoms. The number of aromatic hydroxyl groups is 1. The standard InChI is InChI=1S/C24H15Cl2N7O3S.ClH/c25-15-11-18(20(34)19(26)12-15)23-31-32-24(37-23)30-22(36)14-3-1-13(2-4-14)21(35)29-16-5-7-17(8-6-16)33-27-9-10-28-33;/h1-12,34H,(H,29,35)(H,30,32,36);1H. The average Bonchev–Trinajstić information content (AvgIpc) is 3.59. The van der Waals surface area contributed by atoms with E-state index in [0.29, 0.717) is 32.4 Å². The molecule has 0 spiro atoms. The van der Waals surface area contributed by atoms with Crippen molar-refractivity contribution in [2.45, 2.75) is 0 Å². The lowest BCUT2D eigenvalue weighted by atomic mass is 10.1. The highest BCUT2D eigenvalue weighted by atomic mass is 35.5. The van der Waals surface area contributed by atoms with E-state index in [1.807, 2.05) is 0 Å². The molecule has 2 aromatic heterocycles. The normalized spacial score (nSPS) is 10.5. The van der Waals surface area contributed by atoms with E-state index >= 15 is 0 Å². The Hall–Kier alpha value is -4.03. The molecule has 14 heteroatoms. The molecule has 0 radical (unpaired) electrons. The van der Waals surface area contributed by atoms with Crippen LogP contribution in [0.15, 0.2) is 73.1 Å². The van der Waals surface area contributed by atoms with E-state index in [2.05, 4.69) is 31.0 Å². The van der Waals surface area contributed by atoms with Crippen LogP contribution < -0.4 is 10.6 Å². The van der Waals surface area contributed by atoms with Crippen molar-refractivity contribution < 1.29 is 14.7 Å². The van der Waals surface area contributed by atoms with Crippen molar-refractivity contribution in [3.63, 3.8) is 0 Å². The third kappa shape index (κ3) is 5.92. The van der Waals surface area contributed by atoms with Crippen LogP contribution in [0.4, 0.5) is 10.8 Å². The number of nitrogens with one attached hydrogen (secondary N) is 2. The average molecular weight is 589 g/mol. The number of nitrogens with zero attached hydrogens (tertiary/aromatic N) is 5. The number of phenols is 1. The molecule has 0 unspecified atom stereocenters. The number of halogens is 3. The first-order valence-electron chi connectivity index (χ1n) is 10.6. The largest absolute Gasteiger partial charge is 0.506 e. The molecule has 0 aliphatic carbocycles. The number of anilines is 2. The van der Waals surface area contributed by atoms with Crippen LogP contribution in [-0.2, 0) is 0 Å². The number of amides is 2. The molecular formula is C24H16Cl3N7O3S. The molecule has 0 fully saturated rings. The van der Waals surface area contributed by atoms with E-state index < -0.39 is 5.91 Å². The highest BCUT2D eigenvalue weighted by Gasteiger charge is 2.17. The van der Waals surface area contributed by atoms with Crippen LogP contribution in [-0.4, -0.2) is 42.1 Å². The van der Waals surface area contributed by atoms with Crippen LogP contribution in [0.5, 0.6) is 5.75 Å². The van der Waals surface area contributed by atoms with Gasteiger partial charge in [-0.1, -0.05) is 34.5 Å². The van der Waals surface area contributed by atoms with Crippen LogP contribution in [0.1, 0.15) is 20.7 Å². The van der Waals surface area contributed by atoms with Gasteiger partial charge < -0.3 is 10.4 Å². The second-order valence-electron chi connectivity index (χ2n) is 7.55. The SMILES string of the molecule is Cl.O=C(Nc1ccc(-n2nccn2)cc1)c1ccc(C(=O)Nc2nnc(-c3cc(Cl)cc(Cl)c3O)s2)cc1. The molecule has 0 saturated carbocycles. The van der Waals surface area contributed by atoms with Gasteiger partial charge in [0.25, 0.3) is 11.8 Å². The summed E-state index contributed by atoms with van der Waals surface area (Å²) in [7, 11) is 0. The molecule has 0 aliphatic rings. The predicted molar refractivity (Wildman–Crippen MR) is 148 cm³/mol. The van der Waals surface area contributed by atoms with E-state index in [-0.39, 0.29) is 34.2 Å². The molecular weight excluding hydrogens is 573 g/mol. The van der Waals surface area contributed by atoms with Crippen molar-refractivity contribution >= 4 is 69.6 Å². The zero-order valence-corrected chi connectivity index (χ0v) is 22.1. The number of hydrogen-bond acceptors (Lipinski definition) is 8. The van der Waals surface area contributed by atoms with E-state index in [9.17, 15) is 14.7 Å². The molecule has 2 amide bonds. The Morgan fingerprint density at radius 3 is 2.08 bits per heavy atom. The van der Waals surface area contributed by atoms with Gasteiger partial charge in [0.2, 0.25) is 5.13 Å². The van der Waals surface area contributed by atoms with Crippen LogP contribution in [0.25, 0.3) is 16.3 Å². The van der Waals surface area contributed by atoms with Crippen molar-refractivity contribution in [2.24, 2.45) is 0 Å². The first-order chi connectivity index (χ1) is 17.9. The minimum atomic E-state index is -0.439. The van der Waals surface area contributed by atoms with E-state index in [1.54, 1.807) is 48.8 Å². The summed E-state index contributed by atoms with van der Waals surface area (Å²) in [6.07, 6.45) is 3.15. The fourth-order valence-electron chi connectivity index (χ4n) is 3.28. The van der Waals surface area contributed by atoms with E-state index in [4.69, 9.17) is 23.2 Å². The molecule has 38 heavy (non-hydrogen) atoms. The van der Waals surface area contributed by atoms with Gasteiger partial charge in [-0.25, -0.2) is 0 Å². The third-order valence-electron chi connectivity index (χ3n) is 5.09. The number of benzene rings is 3. The summed E-state index contributed by atoms with van der Waals surface area (Å²) in [6, 6.07) is 16.1. The lowest BCUT2D eigenvalue weighted by Gasteiger charge is -2.07. The minimum Gasteiger partial charge on any atom is -0.506 e. The molecule has 5 aromatic rings. The second-order valence-corrected chi connectivity index (χ2v) is 9.37. The summed E-state index contributed by atoms with van der Waals surface area (Å²) in [6.45, 7) is 0. The van der Waals surface area contributed by atoms with Crippen molar-refractivity contribution in [1.82, 2.24) is 25.2 Å². The lowest BCUT2D eigenvalue weighted by Crippen LogP contribution is -2.14. The van der Waals surface area contributed by atoms with Crippen molar-refractivity contribution in [1.29, 1.82) is 0 Å². The Bertz CT molecular complexity index is 1590. The van der Waals surface area contributed by atoms with Gasteiger partial charge in [-0.15, -0.1) is 22.6 Å². The monoisotopic (exact) mass is 587 g/mol. The van der Waals surface area contributed by atoms with Crippen molar-refractivity contribution in [2.75, 3.05) is 10.6 Å². The number of hydrogen-bond donors (Lipinski definition) is 3. The second kappa shape index (κ2) is 11.6. The zero-order valence-electron chi connectivity index (χ0n) is 19.0. The molecule has 2 heterocycles. The number of carbonyl (C=O) groups is 2. The quantitative estimate of drug-likeness (QED) is 0.231. The Kier molecular flexibility index (Phi) is 8.23. The predicted octanol–water partition coefficient (Wildman–Crippen LogP) is 5.72. The summed E-state index contributed by atoms with van der Waals surface area (Å²) in [5.74, 6) is -0.948. The molecule has 0 aliphatic heterocycles.